The van der Waals surface area contributed by atoms with Crippen LogP contribution in [0, 0.1) is 5.92 Å². The quantitative estimate of drug-likeness (QED) is 0.856. The molecule has 0 spiro atoms. The van der Waals surface area contributed by atoms with Crippen LogP contribution in [0.3, 0.4) is 0 Å². The van der Waals surface area contributed by atoms with Gasteiger partial charge in [-0.25, -0.2) is 0 Å². The second-order valence-corrected chi connectivity index (χ2v) is 7.71. The van der Waals surface area contributed by atoms with Gasteiger partial charge in [-0.15, -0.1) is 0 Å². The zero-order chi connectivity index (χ0) is 15.5. The molecule has 0 saturated carbocycles. The zero-order valence-corrected chi connectivity index (χ0v) is 14.1. The van der Waals surface area contributed by atoms with E-state index in [-0.39, 0.29) is 0 Å². The summed E-state index contributed by atoms with van der Waals surface area (Å²) in [6, 6.07) is 4.64. The van der Waals surface area contributed by atoms with Gasteiger partial charge in [0.15, 0.2) is 0 Å². The molecule has 1 fully saturated rings. The number of rotatable bonds is 5. The van der Waals surface area contributed by atoms with Crippen LogP contribution in [-0.4, -0.2) is 39.4 Å². The van der Waals surface area contributed by atoms with E-state index in [2.05, 4.69) is 10.0 Å². The van der Waals surface area contributed by atoms with E-state index in [4.69, 9.17) is 23.2 Å². The van der Waals surface area contributed by atoms with Gasteiger partial charge in [0.1, 0.15) is 0 Å². The highest BCUT2D eigenvalue weighted by atomic mass is 35.5. The van der Waals surface area contributed by atoms with Gasteiger partial charge < -0.3 is 5.32 Å². The lowest BCUT2D eigenvalue weighted by atomic mass is 9.98. The van der Waals surface area contributed by atoms with Crippen molar-refractivity contribution >= 4 is 39.1 Å². The highest BCUT2D eigenvalue weighted by molar-refractivity contribution is 7.90. The standard InChI is InChI=1S/C13H19Cl2N3O2S/c1-16-9-10-2-4-18(5-3-10)21(19,20)17-13-7-11(14)6-12(15)8-13/h6-8,10,16-17H,2-5,9H2,1H3. The third-order valence-corrected chi connectivity index (χ3v) is 5.49. The molecule has 0 bridgehead atoms. The number of benzene rings is 1. The first-order valence-electron chi connectivity index (χ1n) is 6.79. The Balaban J connectivity index is 2.02. The Morgan fingerprint density at radius 3 is 2.29 bits per heavy atom. The topological polar surface area (TPSA) is 61.4 Å². The lowest BCUT2D eigenvalue weighted by Gasteiger charge is -2.31. The Labute approximate surface area is 135 Å². The molecule has 1 saturated heterocycles. The third kappa shape index (κ3) is 4.72. The molecule has 0 amide bonds. The third-order valence-electron chi connectivity index (χ3n) is 3.52. The van der Waals surface area contributed by atoms with Crippen LogP contribution in [0.4, 0.5) is 5.69 Å². The van der Waals surface area contributed by atoms with Crippen molar-refractivity contribution in [3.8, 4) is 0 Å². The van der Waals surface area contributed by atoms with Crippen LogP contribution in [0.15, 0.2) is 18.2 Å². The van der Waals surface area contributed by atoms with E-state index in [1.807, 2.05) is 7.05 Å². The van der Waals surface area contributed by atoms with Crippen molar-refractivity contribution in [1.82, 2.24) is 9.62 Å². The van der Waals surface area contributed by atoms with Crippen LogP contribution in [0.5, 0.6) is 0 Å². The first-order valence-corrected chi connectivity index (χ1v) is 8.99. The van der Waals surface area contributed by atoms with E-state index < -0.39 is 10.2 Å². The molecular weight excluding hydrogens is 333 g/mol. The number of nitrogens with zero attached hydrogens (tertiary/aromatic N) is 1. The number of halogens is 2. The molecule has 118 valence electrons. The number of anilines is 1. The van der Waals surface area contributed by atoms with Gasteiger partial charge in [-0.3, -0.25) is 4.72 Å². The summed E-state index contributed by atoms with van der Waals surface area (Å²) in [5.41, 5.74) is 0.379. The molecule has 0 radical (unpaired) electrons. The monoisotopic (exact) mass is 351 g/mol. The lowest BCUT2D eigenvalue weighted by molar-refractivity contribution is 0.272. The van der Waals surface area contributed by atoms with Crippen molar-refractivity contribution in [3.05, 3.63) is 28.2 Å². The normalized spacial score (nSPS) is 17.9. The van der Waals surface area contributed by atoms with Crippen LogP contribution in [0.1, 0.15) is 12.8 Å². The summed E-state index contributed by atoms with van der Waals surface area (Å²) in [5, 5.41) is 3.92. The zero-order valence-electron chi connectivity index (χ0n) is 11.8. The molecule has 5 nitrogen and oxygen atoms in total. The first kappa shape index (κ1) is 16.8. The Morgan fingerprint density at radius 2 is 1.76 bits per heavy atom. The van der Waals surface area contributed by atoms with Crippen LogP contribution in [0.25, 0.3) is 0 Å². The SMILES string of the molecule is CNCC1CCN(S(=O)(=O)Nc2cc(Cl)cc(Cl)c2)CC1. The Hall–Kier alpha value is -0.530. The van der Waals surface area contributed by atoms with Crippen LogP contribution >= 0.6 is 23.2 Å². The summed E-state index contributed by atoms with van der Waals surface area (Å²) in [4.78, 5) is 0. The lowest BCUT2D eigenvalue weighted by Crippen LogP contribution is -2.43. The predicted octanol–water partition coefficient (Wildman–Crippen LogP) is 2.58. The van der Waals surface area contributed by atoms with Crippen LogP contribution in [-0.2, 0) is 10.2 Å². The molecule has 0 atom stereocenters. The van der Waals surface area contributed by atoms with Gasteiger partial charge in [-0.05, 0) is 50.6 Å². The molecule has 0 aliphatic carbocycles. The number of hydrogen-bond acceptors (Lipinski definition) is 3. The summed E-state index contributed by atoms with van der Waals surface area (Å²) >= 11 is 11.8. The van der Waals surface area contributed by atoms with Crippen molar-refractivity contribution < 1.29 is 8.42 Å². The van der Waals surface area contributed by atoms with E-state index in [0.717, 1.165) is 19.4 Å². The van der Waals surface area contributed by atoms with Gasteiger partial charge in [-0.1, -0.05) is 23.2 Å². The van der Waals surface area contributed by atoms with Gasteiger partial charge >= 0.3 is 10.2 Å². The number of piperidine rings is 1. The average molecular weight is 352 g/mol. The minimum atomic E-state index is -3.56. The maximum Gasteiger partial charge on any atom is 0.301 e. The molecule has 0 aromatic heterocycles. The van der Waals surface area contributed by atoms with Crippen LogP contribution in [0.2, 0.25) is 10.0 Å². The molecule has 0 unspecified atom stereocenters. The fourth-order valence-corrected chi connectivity index (χ4v) is 4.23. The van der Waals surface area contributed by atoms with Gasteiger partial charge in [0.25, 0.3) is 0 Å². The summed E-state index contributed by atoms with van der Waals surface area (Å²) in [7, 11) is -1.65. The average Bonchev–Trinajstić information content (AvgIpc) is 2.38. The molecule has 21 heavy (non-hydrogen) atoms. The number of nitrogens with one attached hydrogen (secondary N) is 2. The molecule has 1 aliphatic rings. The maximum absolute atomic E-state index is 12.4. The van der Waals surface area contributed by atoms with Gasteiger partial charge in [0.2, 0.25) is 0 Å². The predicted molar refractivity (Wildman–Crippen MR) is 87.2 cm³/mol. The van der Waals surface area contributed by atoms with Crippen molar-refractivity contribution in [3.63, 3.8) is 0 Å². The molecular formula is C13H19Cl2N3O2S. The van der Waals surface area contributed by atoms with Crippen LogP contribution < -0.4 is 10.0 Å². The molecule has 1 aliphatic heterocycles. The smallest absolute Gasteiger partial charge is 0.301 e. The Morgan fingerprint density at radius 1 is 1.19 bits per heavy atom. The molecule has 1 aromatic rings. The molecule has 1 heterocycles. The summed E-state index contributed by atoms with van der Waals surface area (Å²) in [6.45, 7) is 1.97. The highest BCUT2D eigenvalue weighted by Crippen LogP contribution is 2.25. The molecule has 2 N–H and O–H groups in total. The van der Waals surface area contributed by atoms with Crippen molar-refractivity contribution in [1.29, 1.82) is 0 Å². The second-order valence-electron chi connectivity index (χ2n) is 5.17. The van der Waals surface area contributed by atoms with Crippen molar-refractivity contribution in [2.45, 2.75) is 12.8 Å². The van der Waals surface area contributed by atoms with E-state index in [0.29, 0.717) is 34.7 Å². The van der Waals surface area contributed by atoms with Crippen molar-refractivity contribution in [2.24, 2.45) is 5.92 Å². The minimum absolute atomic E-state index is 0.379. The Kier molecular flexibility index (Phi) is 5.73. The summed E-state index contributed by atoms with van der Waals surface area (Å²) in [6.07, 6.45) is 1.72. The fraction of sp³-hybridized carbons (Fsp3) is 0.538. The first-order chi connectivity index (χ1) is 9.90. The van der Waals surface area contributed by atoms with Gasteiger partial charge in [0.05, 0.1) is 5.69 Å². The van der Waals surface area contributed by atoms with E-state index in [1.165, 1.54) is 4.31 Å². The molecule has 2 rings (SSSR count). The van der Waals surface area contributed by atoms with E-state index >= 15 is 0 Å². The largest absolute Gasteiger partial charge is 0.319 e. The van der Waals surface area contributed by atoms with Crippen molar-refractivity contribution in [2.75, 3.05) is 31.4 Å². The maximum atomic E-state index is 12.4. The Bertz CT molecular complexity index is 567. The fourth-order valence-electron chi connectivity index (χ4n) is 2.47. The minimum Gasteiger partial charge on any atom is -0.319 e. The number of hydrogen-bond donors (Lipinski definition) is 2. The highest BCUT2D eigenvalue weighted by Gasteiger charge is 2.27. The summed E-state index contributed by atoms with van der Waals surface area (Å²) < 4.78 is 28.7. The molecule has 1 aromatic carbocycles. The van der Waals surface area contributed by atoms with E-state index in [1.54, 1.807) is 18.2 Å². The van der Waals surface area contributed by atoms with Gasteiger partial charge in [-0.2, -0.15) is 12.7 Å². The second kappa shape index (κ2) is 7.15. The summed E-state index contributed by atoms with van der Waals surface area (Å²) in [5.74, 6) is 0.530. The van der Waals surface area contributed by atoms with Gasteiger partial charge in [0, 0.05) is 23.1 Å². The van der Waals surface area contributed by atoms with E-state index in [9.17, 15) is 8.42 Å². The molecule has 8 heteroatoms.